The molecule has 2 N–H and O–H groups in total. The molecule has 1 aromatic carbocycles. The predicted octanol–water partition coefficient (Wildman–Crippen LogP) is 3.72. The third-order valence-electron chi connectivity index (χ3n) is 3.86. The zero-order valence-electron chi connectivity index (χ0n) is 12.0. The van der Waals surface area contributed by atoms with Crippen molar-refractivity contribution in [2.75, 3.05) is 0 Å². The minimum absolute atomic E-state index is 0.0116. The molecule has 0 aliphatic heterocycles. The molecule has 0 saturated heterocycles. The van der Waals surface area contributed by atoms with Crippen LogP contribution in [0.25, 0.3) is 0 Å². The van der Waals surface area contributed by atoms with E-state index in [0.29, 0.717) is 45.7 Å². The monoisotopic (exact) mass is 445 g/mol. The largest absolute Gasteiger partial charge is 0.293 e. The van der Waals surface area contributed by atoms with Gasteiger partial charge in [-0.1, -0.05) is 6.07 Å². The fraction of sp³-hybridized carbons (Fsp3) is 0.250. The Morgan fingerprint density at radius 1 is 1.39 bits per heavy atom. The van der Waals surface area contributed by atoms with Crippen LogP contribution in [0, 0.1) is 9.39 Å². The van der Waals surface area contributed by atoms with Gasteiger partial charge in [-0.15, -0.1) is 11.3 Å². The third kappa shape index (κ3) is 3.17. The molecule has 4 nitrogen and oxygen atoms in total. The van der Waals surface area contributed by atoms with Gasteiger partial charge in [0, 0.05) is 21.3 Å². The number of benzene rings is 1. The summed E-state index contributed by atoms with van der Waals surface area (Å²) < 4.78 is 14.9. The van der Waals surface area contributed by atoms with Gasteiger partial charge in [-0.25, -0.2) is 9.87 Å². The molecule has 1 aromatic heterocycles. The normalized spacial score (nSPS) is 13.8. The van der Waals surface area contributed by atoms with E-state index in [2.05, 4.69) is 0 Å². The van der Waals surface area contributed by atoms with Crippen LogP contribution in [-0.4, -0.2) is 16.9 Å². The average Bonchev–Trinajstić information content (AvgIpc) is 2.89. The number of hydrogen-bond donors (Lipinski definition) is 2. The summed E-state index contributed by atoms with van der Waals surface area (Å²) in [5.41, 5.74) is 3.10. The van der Waals surface area contributed by atoms with E-state index in [0.717, 1.165) is 3.57 Å². The highest BCUT2D eigenvalue weighted by atomic mass is 127. The van der Waals surface area contributed by atoms with Gasteiger partial charge in [0.2, 0.25) is 0 Å². The lowest BCUT2D eigenvalue weighted by Crippen LogP contribution is -2.22. The van der Waals surface area contributed by atoms with E-state index in [1.54, 1.807) is 17.6 Å². The zero-order chi connectivity index (χ0) is 16.6. The van der Waals surface area contributed by atoms with Crippen molar-refractivity contribution in [2.24, 2.45) is 0 Å². The van der Waals surface area contributed by atoms with Crippen LogP contribution in [0.4, 0.5) is 4.39 Å². The standard InChI is InChI=1S/C16H13FINO3S/c17-11-7-9(18)5-4-8(11)6-13-14(16(21)19-22)10-2-1-3-12(20)15(10)23-13/h4-5,7,22H,1-3,6H2,(H,19,21). The number of amides is 1. The minimum atomic E-state index is -0.641. The first-order valence-corrected chi connectivity index (χ1v) is 8.97. The van der Waals surface area contributed by atoms with Crippen LogP contribution in [0.1, 0.15) is 48.9 Å². The van der Waals surface area contributed by atoms with Gasteiger partial charge in [-0.3, -0.25) is 14.8 Å². The Morgan fingerprint density at radius 2 is 2.17 bits per heavy atom. The fourth-order valence-corrected chi connectivity index (χ4v) is 4.59. The summed E-state index contributed by atoms with van der Waals surface area (Å²) in [5.74, 6) is -0.972. The van der Waals surface area contributed by atoms with Gasteiger partial charge < -0.3 is 0 Å². The number of rotatable bonds is 3. The summed E-state index contributed by atoms with van der Waals surface area (Å²) >= 11 is 3.26. The molecule has 0 radical (unpaired) electrons. The first-order valence-electron chi connectivity index (χ1n) is 7.07. The lowest BCUT2D eigenvalue weighted by Gasteiger charge is -2.11. The highest BCUT2D eigenvalue weighted by Gasteiger charge is 2.29. The molecule has 0 bridgehead atoms. The second-order valence-electron chi connectivity index (χ2n) is 5.34. The van der Waals surface area contributed by atoms with E-state index < -0.39 is 5.91 Å². The number of thiophene rings is 1. The van der Waals surface area contributed by atoms with E-state index in [-0.39, 0.29) is 18.0 Å². The molecule has 1 amide bonds. The van der Waals surface area contributed by atoms with Crippen LogP contribution in [0.5, 0.6) is 0 Å². The Hall–Kier alpha value is -1.32. The molecule has 23 heavy (non-hydrogen) atoms. The van der Waals surface area contributed by atoms with E-state index in [1.807, 2.05) is 22.6 Å². The quantitative estimate of drug-likeness (QED) is 0.430. The van der Waals surface area contributed by atoms with Crippen LogP contribution in [0.2, 0.25) is 0 Å². The summed E-state index contributed by atoms with van der Waals surface area (Å²) in [6.07, 6.45) is 1.99. The fourth-order valence-electron chi connectivity index (χ4n) is 2.80. The molecule has 0 saturated carbocycles. The second-order valence-corrected chi connectivity index (χ2v) is 7.69. The number of ketones is 1. The maximum absolute atomic E-state index is 14.1. The van der Waals surface area contributed by atoms with E-state index in [4.69, 9.17) is 5.21 Å². The smallest absolute Gasteiger partial charge is 0.276 e. The van der Waals surface area contributed by atoms with Crippen LogP contribution >= 0.6 is 33.9 Å². The van der Waals surface area contributed by atoms with Gasteiger partial charge in [0.25, 0.3) is 5.91 Å². The van der Waals surface area contributed by atoms with Crippen molar-refractivity contribution in [3.8, 4) is 0 Å². The van der Waals surface area contributed by atoms with Crippen LogP contribution in [0.15, 0.2) is 18.2 Å². The van der Waals surface area contributed by atoms with Crippen molar-refractivity contribution >= 4 is 45.6 Å². The number of carbonyl (C=O) groups excluding carboxylic acids is 2. The van der Waals surface area contributed by atoms with Gasteiger partial charge in [-0.05, 0) is 58.7 Å². The zero-order valence-corrected chi connectivity index (χ0v) is 15.0. The Labute approximate surface area is 149 Å². The number of Topliss-reactive ketones (excluding diaryl/α,β-unsaturated/α-hetero) is 1. The van der Waals surface area contributed by atoms with E-state index >= 15 is 0 Å². The van der Waals surface area contributed by atoms with Crippen molar-refractivity contribution in [1.82, 2.24) is 5.48 Å². The molecule has 0 spiro atoms. The van der Waals surface area contributed by atoms with Crippen LogP contribution in [0.3, 0.4) is 0 Å². The first kappa shape index (κ1) is 16.5. The Kier molecular flexibility index (Phi) is 4.79. The van der Waals surface area contributed by atoms with Crippen LogP contribution in [-0.2, 0) is 12.8 Å². The second kappa shape index (κ2) is 6.66. The van der Waals surface area contributed by atoms with Crippen molar-refractivity contribution in [1.29, 1.82) is 0 Å². The molecule has 7 heteroatoms. The van der Waals surface area contributed by atoms with Gasteiger partial charge in [0.1, 0.15) is 5.82 Å². The van der Waals surface area contributed by atoms with Gasteiger partial charge >= 0.3 is 0 Å². The van der Waals surface area contributed by atoms with Crippen molar-refractivity contribution in [3.05, 3.63) is 54.0 Å². The molecular weight excluding hydrogens is 432 g/mol. The van der Waals surface area contributed by atoms with Crippen molar-refractivity contribution < 1.29 is 19.2 Å². The molecule has 120 valence electrons. The topological polar surface area (TPSA) is 66.4 Å². The molecule has 1 heterocycles. The number of carbonyl (C=O) groups is 2. The molecule has 2 aromatic rings. The summed E-state index contributed by atoms with van der Waals surface area (Å²) in [6, 6.07) is 4.90. The molecular formula is C16H13FINO3S. The lowest BCUT2D eigenvalue weighted by atomic mass is 9.93. The maximum atomic E-state index is 14.1. The van der Waals surface area contributed by atoms with Crippen molar-refractivity contribution in [3.63, 3.8) is 0 Å². The van der Waals surface area contributed by atoms with Gasteiger partial charge in [0.15, 0.2) is 5.78 Å². The SMILES string of the molecule is O=C1CCCc2c1sc(Cc1ccc(I)cc1F)c2C(=O)NO. The number of halogens is 2. The Bertz CT molecular complexity index is 803. The molecule has 3 rings (SSSR count). The maximum Gasteiger partial charge on any atom is 0.276 e. The predicted molar refractivity (Wildman–Crippen MR) is 92.8 cm³/mol. The Balaban J connectivity index is 2.07. The summed E-state index contributed by atoms with van der Waals surface area (Å²) in [7, 11) is 0. The number of hydroxylamine groups is 1. The number of fused-ring (bicyclic) bond motifs is 1. The van der Waals surface area contributed by atoms with E-state index in [9.17, 15) is 14.0 Å². The average molecular weight is 445 g/mol. The third-order valence-corrected chi connectivity index (χ3v) is 5.80. The molecule has 0 fully saturated rings. The minimum Gasteiger partial charge on any atom is -0.293 e. The molecule has 0 atom stereocenters. The van der Waals surface area contributed by atoms with E-state index in [1.165, 1.54) is 17.4 Å². The highest BCUT2D eigenvalue weighted by molar-refractivity contribution is 14.1. The number of nitrogens with one attached hydrogen (secondary N) is 1. The van der Waals surface area contributed by atoms with Crippen molar-refractivity contribution in [2.45, 2.75) is 25.7 Å². The molecule has 1 aliphatic rings. The molecule has 1 aliphatic carbocycles. The Morgan fingerprint density at radius 3 is 2.87 bits per heavy atom. The van der Waals surface area contributed by atoms with Gasteiger partial charge in [0.05, 0.1) is 10.4 Å². The first-order chi connectivity index (χ1) is 11.0. The molecule has 0 unspecified atom stereocenters. The number of hydrogen-bond acceptors (Lipinski definition) is 4. The van der Waals surface area contributed by atoms with Gasteiger partial charge in [-0.2, -0.15) is 0 Å². The van der Waals surface area contributed by atoms with Crippen LogP contribution < -0.4 is 5.48 Å². The highest BCUT2D eigenvalue weighted by Crippen LogP contribution is 2.36. The lowest BCUT2D eigenvalue weighted by molar-refractivity contribution is 0.0705. The summed E-state index contributed by atoms with van der Waals surface area (Å²) in [4.78, 5) is 25.3. The summed E-state index contributed by atoms with van der Waals surface area (Å²) in [6.45, 7) is 0. The summed E-state index contributed by atoms with van der Waals surface area (Å²) in [5, 5.41) is 9.00.